The summed E-state index contributed by atoms with van der Waals surface area (Å²) in [5.41, 5.74) is 3.33. The van der Waals surface area contributed by atoms with Gasteiger partial charge in [-0.3, -0.25) is 14.6 Å². The highest BCUT2D eigenvalue weighted by molar-refractivity contribution is 5.86. The van der Waals surface area contributed by atoms with Crippen molar-refractivity contribution in [3.63, 3.8) is 0 Å². The van der Waals surface area contributed by atoms with Gasteiger partial charge in [0.2, 0.25) is 5.75 Å². The Kier molecular flexibility index (Phi) is 7.44. The summed E-state index contributed by atoms with van der Waals surface area (Å²) in [5.74, 6) is 0.530. The molecule has 7 heteroatoms. The van der Waals surface area contributed by atoms with Gasteiger partial charge >= 0.3 is 0 Å². The summed E-state index contributed by atoms with van der Waals surface area (Å²) in [7, 11) is 3.54. The first-order valence-electron chi connectivity index (χ1n) is 12.7. The van der Waals surface area contributed by atoms with E-state index >= 15 is 0 Å². The summed E-state index contributed by atoms with van der Waals surface area (Å²) in [6.07, 6.45) is 0. The molecule has 1 fully saturated rings. The third-order valence-corrected chi connectivity index (χ3v) is 7.09. The van der Waals surface area contributed by atoms with Crippen molar-refractivity contribution in [2.24, 2.45) is 0 Å². The van der Waals surface area contributed by atoms with E-state index in [1.807, 2.05) is 24.3 Å². The van der Waals surface area contributed by atoms with Gasteiger partial charge in [0.15, 0.2) is 16.8 Å². The van der Waals surface area contributed by atoms with E-state index in [0.29, 0.717) is 11.1 Å². The fourth-order valence-corrected chi connectivity index (χ4v) is 4.84. The van der Waals surface area contributed by atoms with Crippen molar-refractivity contribution in [2.75, 3.05) is 58.3 Å². The van der Waals surface area contributed by atoms with Crippen molar-refractivity contribution in [3.8, 4) is 22.8 Å². The van der Waals surface area contributed by atoms with E-state index in [0.717, 1.165) is 57.1 Å². The highest BCUT2D eigenvalue weighted by Crippen LogP contribution is 2.35. The predicted molar refractivity (Wildman–Crippen MR) is 148 cm³/mol. The molecule has 0 amide bonds. The van der Waals surface area contributed by atoms with E-state index in [1.165, 1.54) is 24.8 Å². The molecule has 4 aromatic rings. The zero-order chi connectivity index (χ0) is 25.8. The number of piperazine rings is 1. The number of methoxy groups -OCH3 is 1. The van der Waals surface area contributed by atoms with Crippen molar-refractivity contribution >= 4 is 16.7 Å². The Morgan fingerprint density at radius 1 is 0.946 bits per heavy atom. The van der Waals surface area contributed by atoms with E-state index in [2.05, 4.69) is 52.1 Å². The topological polar surface area (TPSA) is 69.4 Å². The van der Waals surface area contributed by atoms with Crippen molar-refractivity contribution < 1.29 is 14.3 Å². The van der Waals surface area contributed by atoms with Crippen LogP contribution in [0, 0.1) is 0 Å². The van der Waals surface area contributed by atoms with Gasteiger partial charge in [-0.05, 0) is 42.0 Å². The van der Waals surface area contributed by atoms with Crippen LogP contribution in [0.3, 0.4) is 0 Å². The molecule has 0 aliphatic carbocycles. The zero-order valence-corrected chi connectivity index (χ0v) is 21.4. The van der Waals surface area contributed by atoms with Crippen LogP contribution in [0.1, 0.15) is 5.56 Å². The predicted octanol–water partition coefficient (Wildman–Crippen LogP) is 4.43. The quantitative estimate of drug-likeness (QED) is 0.385. The summed E-state index contributed by atoms with van der Waals surface area (Å²) in [5, 5.41) is 10.4. The van der Waals surface area contributed by atoms with E-state index in [4.69, 9.17) is 9.15 Å². The third-order valence-electron chi connectivity index (χ3n) is 7.09. The number of hydrogen-bond acceptors (Lipinski definition) is 7. The number of nitrogens with zero attached hydrogens (tertiary/aromatic N) is 3. The number of aromatic hydroxyl groups is 1. The minimum Gasteiger partial charge on any atom is -0.504 e. The summed E-state index contributed by atoms with van der Waals surface area (Å²) < 4.78 is 11.3. The second kappa shape index (κ2) is 11.1. The lowest BCUT2D eigenvalue weighted by atomic mass is 10.1. The lowest BCUT2D eigenvalue weighted by Crippen LogP contribution is -2.47. The Labute approximate surface area is 217 Å². The highest BCUT2D eigenvalue weighted by atomic mass is 16.5. The molecule has 0 bridgehead atoms. The van der Waals surface area contributed by atoms with Gasteiger partial charge in [-0.1, -0.05) is 30.3 Å². The van der Waals surface area contributed by atoms with E-state index < -0.39 is 0 Å². The minimum absolute atomic E-state index is 0.0649. The van der Waals surface area contributed by atoms with Crippen LogP contribution in [0.2, 0.25) is 0 Å². The number of rotatable bonds is 8. The number of phenolic OH excluding ortho intramolecular Hbond substituents is 1. The number of fused-ring (bicyclic) bond motifs is 1. The van der Waals surface area contributed by atoms with Crippen LogP contribution in [-0.2, 0) is 6.54 Å². The van der Waals surface area contributed by atoms with Gasteiger partial charge in [0.05, 0.1) is 12.5 Å². The molecule has 0 spiro atoms. The first kappa shape index (κ1) is 24.9. The lowest BCUT2D eigenvalue weighted by molar-refractivity contribution is 0.129. The molecule has 1 N–H and O–H groups in total. The Morgan fingerprint density at radius 3 is 2.35 bits per heavy atom. The summed E-state index contributed by atoms with van der Waals surface area (Å²) in [4.78, 5) is 20.0. The third kappa shape index (κ3) is 5.63. The second-order valence-corrected chi connectivity index (χ2v) is 9.54. The number of phenols is 1. The number of anilines is 1. The maximum absolute atomic E-state index is 12.7. The average Bonchev–Trinajstić information content (AvgIpc) is 2.93. The van der Waals surface area contributed by atoms with E-state index in [1.54, 1.807) is 6.07 Å². The highest BCUT2D eigenvalue weighted by Gasteiger charge is 2.18. The molecule has 1 aliphatic heterocycles. The second-order valence-electron chi connectivity index (χ2n) is 9.54. The number of likely N-dealkylation sites (N-methyl/N-ethyl adjacent to an activating group) is 1. The monoisotopic (exact) mass is 499 g/mol. The van der Waals surface area contributed by atoms with Crippen molar-refractivity contribution in [2.45, 2.75) is 6.54 Å². The molecule has 5 rings (SSSR count). The van der Waals surface area contributed by atoms with Gasteiger partial charge in [0.1, 0.15) is 5.76 Å². The largest absolute Gasteiger partial charge is 0.504 e. The minimum atomic E-state index is -0.181. The van der Waals surface area contributed by atoms with E-state index in [9.17, 15) is 9.90 Å². The maximum Gasteiger partial charge on any atom is 0.204 e. The van der Waals surface area contributed by atoms with Gasteiger partial charge in [0.25, 0.3) is 0 Å². The van der Waals surface area contributed by atoms with Crippen molar-refractivity contribution in [3.05, 3.63) is 88.6 Å². The van der Waals surface area contributed by atoms with Gasteiger partial charge < -0.3 is 19.2 Å². The molecular formula is C30H33N3O4. The number of ether oxygens (including phenoxy) is 1. The fourth-order valence-electron chi connectivity index (χ4n) is 4.84. The average molecular weight is 500 g/mol. The van der Waals surface area contributed by atoms with Crippen molar-refractivity contribution in [1.82, 2.24) is 9.80 Å². The van der Waals surface area contributed by atoms with Crippen LogP contribution >= 0.6 is 0 Å². The normalized spacial score (nSPS) is 14.6. The molecule has 2 heterocycles. The molecule has 37 heavy (non-hydrogen) atoms. The summed E-state index contributed by atoms with van der Waals surface area (Å²) >= 11 is 0. The molecule has 0 radical (unpaired) electrons. The van der Waals surface area contributed by atoms with E-state index in [-0.39, 0.29) is 22.5 Å². The molecule has 192 valence electrons. The smallest absolute Gasteiger partial charge is 0.204 e. The zero-order valence-electron chi connectivity index (χ0n) is 21.4. The summed E-state index contributed by atoms with van der Waals surface area (Å²) in [6.45, 7) is 7.31. The molecular weight excluding hydrogens is 466 g/mol. The molecule has 0 unspecified atom stereocenters. The lowest BCUT2D eigenvalue weighted by Gasteiger charge is -2.35. The van der Waals surface area contributed by atoms with Crippen LogP contribution in [0.4, 0.5) is 5.69 Å². The van der Waals surface area contributed by atoms with Crippen LogP contribution in [0.25, 0.3) is 22.3 Å². The molecule has 1 aromatic heterocycles. The Hall–Kier alpha value is -3.81. The van der Waals surface area contributed by atoms with Crippen LogP contribution in [0.5, 0.6) is 11.5 Å². The van der Waals surface area contributed by atoms with Gasteiger partial charge in [-0.15, -0.1) is 0 Å². The molecule has 3 aromatic carbocycles. The standard InChI is InChI=1S/C30H33N3O4/c1-31(14-15-32-16-18-33(19-17-32)21-22-6-4-3-5-7-22)24-10-8-23(9-11-24)28-20-27(35)25-12-13-26(34)30(36-2)29(25)37-28/h3-13,20,34H,14-19,21H2,1-2H3. The first-order chi connectivity index (χ1) is 18.0. The Morgan fingerprint density at radius 2 is 1.65 bits per heavy atom. The molecule has 0 atom stereocenters. The molecule has 1 saturated heterocycles. The van der Waals surface area contributed by atoms with Crippen LogP contribution < -0.4 is 15.1 Å². The van der Waals surface area contributed by atoms with Crippen LogP contribution in [-0.4, -0.2) is 68.3 Å². The number of benzene rings is 3. The van der Waals surface area contributed by atoms with Gasteiger partial charge in [-0.2, -0.15) is 0 Å². The molecule has 1 aliphatic rings. The van der Waals surface area contributed by atoms with Crippen molar-refractivity contribution in [1.29, 1.82) is 0 Å². The maximum atomic E-state index is 12.7. The van der Waals surface area contributed by atoms with Gasteiger partial charge in [0, 0.05) is 70.2 Å². The Balaban J connectivity index is 1.19. The molecule has 0 saturated carbocycles. The Bertz CT molecular complexity index is 1390. The fraction of sp³-hybridized carbons (Fsp3) is 0.300. The van der Waals surface area contributed by atoms with Gasteiger partial charge in [-0.25, -0.2) is 0 Å². The summed E-state index contributed by atoms with van der Waals surface area (Å²) in [6, 6.07) is 23.1. The molecule has 7 nitrogen and oxygen atoms in total. The first-order valence-corrected chi connectivity index (χ1v) is 12.7. The number of hydrogen-bond donors (Lipinski definition) is 1. The van der Waals surface area contributed by atoms with Crippen LogP contribution in [0.15, 0.2) is 82.0 Å². The SMILES string of the molecule is COc1c(O)ccc2c(=O)cc(-c3ccc(N(C)CCN4CCN(Cc5ccccc5)CC4)cc3)oc12.